The average molecular weight is 327 g/mol. The van der Waals surface area contributed by atoms with Gasteiger partial charge in [0.2, 0.25) is 0 Å². The molecule has 6 heteroatoms. The Bertz CT molecular complexity index is 435. The lowest BCUT2D eigenvalue weighted by Crippen LogP contribution is -2.34. The van der Waals surface area contributed by atoms with Crippen molar-refractivity contribution in [1.82, 2.24) is 5.32 Å². The molecule has 1 fully saturated rings. The molecule has 1 aliphatic rings. The molecule has 1 N–H and O–H groups in total. The van der Waals surface area contributed by atoms with Crippen LogP contribution in [0, 0.1) is 5.92 Å². The second-order valence-corrected chi connectivity index (χ2v) is 7.35. The summed E-state index contributed by atoms with van der Waals surface area (Å²) in [4.78, 5) is 11.9. The van der Waals surface area contributed by atoms with Gasteiger partial charge in [-0.15, -0.1) is 22.9 Å². The molecule has 100 valence electrons. The van der Waals surface area contributed by atoms with Crippen molar-refractivity contribution in [2.75, 3.05) is 6.54 Å². The van der Waals surface area contributed by atoms with Crippen molar-refractivity contribution >= 4 is 52.0 Å². The molecule has 2 nitrogen and oxygen atoms in total. The fraction of sp³-hybridized carbons (Fsp3) is 0.583. The van der Waals surface area contributed by atoms with E-state index in [4.69, 9.17) is 34.8 Å². The number of nitrogens with one attached hydrogen (secondary N) is 1. The van der Waals surface area contributed by atoms with E-state index in [1.54, 1.807) is 6.07 Å². The lowest BCUT2D eigenvalue weighted by Gasteiger charge is -2.27. The van der Waals surface area contributed by atoms with Gasteiger partial charge in [-0.3, -0.25) is 4.79 Å². The van der Waals surface area contributed by atoms with Crippen molar-refractivity contribution in [3.8, 4) is 0 Å². The molecule has 0 bridgehead atoms. The summed E-state index contributed by atoms with van der Waals surface area (Å²) in [7, 11) is 0. The summed E-state index contributed by atoms with van der Waals surface area (Å²) in [5.74, 6) is 0.190. The standard InChI is InChI=1S/C12H14Cl3NOS/c13-9-4-2-1-3-7(9)6-16-12(17)8-5-10(14)18-11(8)15/h5,7,9H,1-4,6H2,(H,16,17). The molecule has 0 saturated heterocycles. The lowest BCUT2D eigenvalue weighted by molar-refractivity contribution is 0.0944. The number of carbonyl (C=O) groups excluding carboxylic acids is 1. The third kappa shape index (κ3) is 3.53. The summed E-state index contributed by atoms with van der Waals surface area (Å²) in [5, 5.41) is 3.06. The predicted molar refractivity (Wildman–Crippen MR) is 78.3 cm³/mol. The van der Waals surface area contributed by atoms with Gasteiger partial charge in [-0.25, -0.2) is 0 Å². The molecule has 0 spiro atoms. The van der Waals surface area contributed by atoms with Gasteiger partial charge in [-0.1, -0.05) is 36.0 Å². The Hall–Kier alpha value is 0.0400. The Morgan fingerprint density at radius 3 is 2.72 bits per heavy atom. The number of rotatable bonds is 3. The fourth-order valence-electron chi connectivity index (χ4n) is 2.21. The van der Waals surface area contributed by atoms with Crippen LogP contribution in [0.5, 0.6) is 0 Å². The van der Waals surface area contributed by atoms with Gasteiger partial charge in [-0.05, 0) is 24.8 Å². The molecule has 18 heavy (non-hydrogen) atoms. The van der Waals surface area contributed by atoms with Crippen molar-refractivity contribution in [3.05, 3.63) is 20.3 Å². The number of alkyl halides is 1. The van der Waals surface area contributed by atoms with Crippen LogP contribution in [0.3, 0.4) is 0 Å². The first-order chi connectivity index (χ1) is 8.58. The Morgan fingerprint density at radius 2 is 2.11 bits per heavy atom. The van der Waals surface area contributed by atoms with Gasteiger partial charge in [0, 0.05) is 11.9 Å². The van der Waals surface area contributed by atoms with Gasteiger partial charge in [0.15, 0.2) is 0 Å². The molecule has 2 unspecified atom stereocenters. The highest BCUT2D eigenvalue weighted by Gasteiger charge is 2.24. The van der Waals surface area contributed by atoms with Crippen LogP contribution in [0.4, 0.5) is 0 Å². The van der Waals surface area contributed by atoms with E-state index < -0.39 is 0 Å². The van der Waals surface area contributed by atoms with E-state index in [-0.39, 0.29) is 11.3 Å². The highest BCUT2D eigenvalue weighted by molar-refractivity contribution is 7.20. The predicted octanol–water partition coefficient (Wildman–Crippen LogP) is 4.58. The molecule has 2 rings (SSSR count). The second kappa shape index (κ2) is 6.47. The summed E-state index contributed by atoms with van der Waals surface area (Å²) >= 11 is 19.2. The maximum atomic E-state index is 11.9. The topological polar surface area (TPSA) is 29.1 Å². The molecule has 1 aliphatic carbocycles. The van der Waals surface area contributed by atoms with Gasteiger partial charge in [0.05, 0.1) is 9.90 Å². The largest absolute Gasteiger partial charge is 0.352 e. The minimum absolute atomic E-state index is 0.167. The summed E-state index contributed by atoms with van der Waals surface area (Å²) in [6, 6.07) is 1.60. The number of hydrogen-bond donors (Lipinski definition) is 1. The molecule has 0 aliphatic heterocycles. The quantitative estimate of drug-likeness (QED) is 0.809. The van der Waals surface area contributed by atoms with Crippen molar-refractivity contribution in [2.24, 2.45) is 5.92 Å². The molecule has 0 aromatic carbocycles. The van der Waals surface area contributed by atoms with Crippen LogP contribution in [0.2, 0.25) is 8.67 Å². The van der Waals surface area contributed by atoms with Crippen molar-refractivity contribution in [1.29, 1.82) is 0 Å². The SMILES string of the molecule is O=C(NCC1CCCCC1Cl)c1cc(Cl)sc1Cl. The second-order valence-electron chi connectivity index (χ2n) is 4.51. The number of thiophene rings is 1. The zero-order chi connectivity index (χ0) is 13.1. The third-order valence-corrected chi connectivity index (χ3v) is 5.30. The molecule has 1 aromatic heterocycles. The molecule has 1 amide bonds. The van der Waals surface area contributed by atoms with E-state index in [1.807, 2.05) is 0 Å². The Morgan fingerprint density at radius 1 is 1.39 bits per heavy atom. The molecule has 2 atom stereocenters. The summed E-state index contributed by atoms with van der Waals surface area (Å²) in [5.41, 5.74) is 0.452. The highest BCUT2D eigenvalue weighted by atomic mass is 35.5. The third-order valence-electron chi connectivity index (χ3n) is 3.24. The number of hydrogen-bond acceptors (Lipinski definition) is 2. The Labute approximate surface area is 126 Å². The highest BCUT2D eigenvalue weighted by Crippen LogP contribution is 2.31. The molecular formula is C12H14Cl3NOS. The van der Waals surface area contributed by atoms with Gasteiger partial charge < -0.3 is 5.32 Å². The maximum absolute atomic E-state index is 11.9. The van der Waals surface area contributed by atoms with Crippen molar-refractivity contribution in [2.45, 2.75) is 31.1 Å². The summed E-state index contributed by atoms with van der Waals surface area (Å²) in [6.45, 7) is 0.608. The van der Waals surface area contributed by atoms with Crippen LogP contribution in [-0.4, -0.2) is 17.8 Å². The van der Waals surface area contributed by atoms with E-state index in [0.29, 0.717) is 26.7 Å². The van der Waals surface area contributed by atoms with E-state index in [0.717, 1.165) is 12.8 Å². The zero-order valence-corrected chi connectivity index (χ0v) is 12.8. The molecular weight excluding hydrogens is 313 g/mol. The van der Waals surface area contributed by atoms with Crippen molar-refractivity contribution < 1.29 is 4.79 Å². The van der Waals surface area contributed by atoms with Gasteiger partial charge in [0.1, 0.15) is 4.34 Å². The smallest absolute Gasteiger partial charge is 0.253 e. The van der Waals surface area contributed by atoms with Gasteiger partial charge in [-0.2, -0.15) is 0 Å². The molecule has 1 saturated carbocycles. The fourth-order valence-corrected chi connectivity index (χ4v) is 4.03. The van der Waals surface area contributed by atoms with Gasteiger partial charge in [0.25, 0.3) is 5.91 Å². The minimum Gasteiger partial charge on any atom is -0.352 e. The first-order valence-corrected chi connectivity index (χ1v) is 7.96. The number of halogens is 3. The van der Waals surface area contributed by atoms with Crippen LogP contribution in [0.25, 0.3) is 0 Å². The van der Waals surface area contributed by atoms with Gasteiger partial charge >= 0.3 is 0 Å². The maximum Gasteiger partial charge on any atom is 0.253 e. The first kappa shape index (κ1) is 14.4. The van der Waals surface area contributed by atoms with Crippen LogP contribution >= 0.6 is 46.1 Å². The van der Waals surface area contributed by atoms with Crippen LogP contribution < -0.4 is 5.32 Å². The first-order valence-electron chi connectivity index (χ1n) is 5.95. The monoisotopic (exact) mass is 325 g/mol. The van der Waals surface area contributed by atoms with Crippen LogP contribution in [0.1, 0.15) is 36.0 Å². The Kier molecular flexibility index (Phi) is 5.19. The normalized spacial score (nSPS) is 23.9. The van der Waals surface area contributed by atoms with E-state index in [9.17, 15) is 4.79 Å². The van der Waals surface area contributed by atoms with Crippen LogP contribution in [0.15, 0.2) is 6.07 Å². The molecule has 0 radical (unpaired) electrons. The zero-order valence-electron chi connectivity index (χ0n) is 9.72. The summed E-state index contributed by atoms with van der Waals surface area (Å²) < 4.78 is 0.960. The average Bonchev–Trinajstić information content (AvgIpc) is 2.67. The molecule has 1 heterocycles. The van der Waals surface area contributed by atoms with E-state index in [2.05, 4.69) is 5.32 Å². The van der Waals surface area contributed by atoms with Crippen molar-refractivity contribution in [3.63, 3.8) is 0 Å². The summed E-state index contributed by atoms with van der Waals surface area (Å²) in [6.07, 6.45) is 4.49. The van der Waals surface area contributed by atoms with Crippen LogP contribution in [-0.2, 0) is 0 Å². The lowest BCUT2D eigenvalue weighted by atomic mass is 9.89. The van der Waals surface area contributed by atoms with E-state index in [1.165, 1.54) is 24.2 Å². The minimum atomic E-state index is -0.169. The molecule has 1 aromatic rings. The van der Waals surface area contributed by atoms with E-state index >= 15 is 0 Å². The number of carbonyl (C=O) groups is 1. The Balaban J connectivity index is 1.90. The number of amides is 1.